The molecule has 5 atom stereocenters. The maximum atomic E-state index is 10.8. The van der Waals surface area contributed by atoms with Gasteiger partial charge in [-0.3, -0.25) is 4.57 Å². The molecule has 12 heteroatoms. The number of nitrogens with zero attached hydrogens (tertiary/aromatic N) is 6. The molecule has 12 nitrogen and oxygen atoms in total. The molecule has 1 unspecified atom stereocenters. The number of nitrogens with one attached hydrogen (secondary N) is 1. The van der Waals surface area contributed by atoms with Gasteiger partial charge in [-0.2, -0.15) is 0 Å². The maximum absolute atomic E-state index is 10.8. The third kappa shape index (κ3) is 5.26. The van der Waals surface area contributed by atoms with E-state index < -0.39 is 24.5 Å². The monoisotopic (exact) mass is 578 g/mol. The number of aliphatic hydroxyl groups excluding tert-OH is 2. The highest BCUT2D eigenvalue weighted by molar-refractivity contribution is 5.81. The molecule has 1 saturated carbocycles. The van der Waals surface area contributed by atoms with Crippen molar-refractivity contribution in [2.75, 3.05) is 33.0 Å². The number of aryl methyl sites for hydroxylation is 1. The second kappa shape index (κ2) is 11.5. The molecule has 0 radical (unpaired) electrons. The Balaban J connectivity index is 1.01. The number of nitrogen functional groups attached to an aromatic ring is 1. The van der Waals surface area contributed by atoms with Crippen molar-refractivity contribution in [2.45, 2.75) is 81.9 Å². The van der Waals surface area contributed by atoms with Crippen LogP contribution in [-0.4, -0.2) is 96.3 Å². The highest BCUT2D eigenvalue weighted by Gasteiger charge is 2.45. The predicted molar refractivity (Wildman–Crippen MR) is 159 cm³/mol. The zero-order chi connectivity index (χ0) is 29.6. The molecule has 1 aliphatic carbocycles. The van der Waals surface area contributed by atoms with Crippen LogP contribution in [0.25, 0.3) is 22.2 Å². The van der Waals surface area contributed by atoms with E-state index in [4.69, 9.17) is 20.2 Å². The fraction of sp³-hybridized carbons (Fsp3) is 0.600. The Kier molecular flexibility index (Phi) is 7.92. The van der Waals surface area contributed by atoms with E-state index in [1.807, 2.05) is 0 Å². The number of nitrogens with two attached hydrogens (primary N) is 1. The lowest BCUT2D eigenvalue weighted by molar-refractivity contribution is -0.0514. The molecule has 0 amide bonds. The summed E-state index contributed by atoms with van der Waals surface area (Å²) >= 11 is 0. The Morgan fingerprint density at radius 2 is 2.02 bits per heavy atom. The zero-order valence-electron chi connectivity index (χ0n) is 24.8. The van der Waals surface area contributed by atoms with E-state index >= 15 is 0 Å². The first-order valence-electron chi connectivity index (χ1n) is 14.8. The summed E-state index contributed by atoms with van der Waals surface area (Å²) < 4.78 is 13.2. The molecule has 0 bridgehead atoms. The van der Waals surface area contributed by atoms with Crippen LogP contribution in [0.4, 0.5) is 5.82 Å². The minimum Gasteiger partial charge on any atom is -0.387 e. The Morgan fingerprint density at radius 3 is 2.79 bits per heavy atom. The number of methoxy groups -OCH3 is 1. The minimum absolute atomic E-state index is 0.0168. The Morgan fingerprint density at radius 1 is 1.21 bits per heavy atom. The van der Waals surface area contributed by atoms with Gasteiger partial charge in [0.1, 0.15) is 36.0 Å². The molecule has 3 aromatic heterocycles. The fourth-order valence-electron chi connectivity index (χ4n) is 6.50. The highest BCUT2D eigenvalue weighted by Crippen LogP contribution is 2.37. The van der Waals surface area contributed by atoms with Gasteiger partial charge >= 0.3 is 0 Å². The van der Waals surface area contributed by atoms with Crippen LogP contribution in [-0.2, 0) is 21.3 Å². The first kappa shape index (κ1) is 28.9. The van der Waals surface area contributed by atoms with Gasteiger partial charge in [-0.25, -0.2) is 19.9 Å². The number of hydrogen-bond acceptors (Lipinski definition) is 10. The third-order valence-electron chi connectivity index (χ3n) is 9.56. The van der Waals surface area contributed by atoms with Gasteiger partial charge in [0.2, 0.25) is 0 Å². The second-order valence-corrected chi connectivity index (χ2v) is 12.4. The summed E-state index contributed by atoms with van der Waals surface area (Å²) in [5.74, 6) is 1.92. The topological polar surface area (TPSA) is 160 Å². The van der Waals surface area contributed by atoms with Crippen LogP contribution in [0.1, 0.15) is 57.1 Å². The van der Waals surface area contributed by atoms with E-state index in [1.165, 1.54) is 18.2 Å². The molecule has 0 spiro atoms. The normalized spacial score (nSPS) is 27.6. The summed E-state index contributed by atoms with van der Waals surface area (Å²) in [6.45, 7) is 5.64. The van der Waals surface area contributed by atoms with Crippen LogP contribution in [0.2, 0.25) is 0 Å². The number of likely N-dealkylation sites (N-methyl/N-ethyl adjacent to an activating group) is 1. The van der Waals surface area contributed by atoms with Crippen molar-refractivity contribution in [1.29, 1.82) is 0 Å². The van der Waals surface area contributed by atoms with Gasteiger partial charge < -0.3 is 35.3 Å². The van der Waals surface area contributed by atoms with E-state index in [2.05, 4.69) is 63.9 Å². The number of fused-ring (bicyclic) bond motifs is 2. The number of hydrogen-bond donors (Lipinski definition) is 4. The molecule has 2 fully saturated rings. The fourth-order valence-corrected chi connectivity index (χ4v) is 6.50. The summed E-state index contributed by atoms with van der Waals surface area (Å²) in [6, 6.07) is 6.93. The van der Waals surface area contributed by atoms with Crippen molar-refractivity contribution >= 4 is 28.0 Å². The standard InChI is InChI=1S/C30H42N8O4/c1-5-30(2,14-41-4)18-7-8-20-21(12-18)36-23(35-20)9-6-17-10-19(11-17)37(3)13-22-25(39)26(40)29(42-22)38-16-34-24-27(31)32-15-33-28(24)38/h7-8,12,15-17,19,22,25-26,29,39-40H,5-6,9-11,13-14H2,1-4H3,(H,35,36)(H2,31,32,33)/t17?,19?,22-,25-,26-,29-,30?/m1/s1. The lowest BCUT2D eigenvalue weighted by Gasteiger charge is -2.42. The van der Waals surface area contributed by atoms with Crippen molar-refractivity contribution in [3.8, 4) is 0 Å². The number of aromatic nitrogens is 6. The molecule has 1 aromatic carbocycles. The largest absolute Gasteiger partial charge is 0.387 e. The van der Waals surface area contributed by atoms with E-state index in [-0.39, 0.29) is 11.2 Å². The van der Waals surface area contributed by atoms with Gasteiger partial charge in [0.25, 0.3) is 0 Å². The first-order chi connectivity index (χ1) is 20.2. The first-order valence-corrected chi connectivity index (χ1v) is 14.8. The molecular weight excluding hydrogens is 536 g/mol. The number of benzene rings is 1. The van der Waals surface area contributed by atoms with E-state index in [0.29, 0.717) is 36.3 Å². The third-order valence-corrected chi connectivity index (χ3v) is 9.56. The number of imidazole rings is 2. The lowest BCUT2D eigenvalue weighted by atomic mass is 9.76. The molecule has 1 saturated heterocycles. The molecule has 42 heavy (non-hydrogen) atoms. The molecule has 226 valence electrons. The number of anilines is 1. The van der Waals surface area contributed by atoms with Gasteiger partial charge in [0.05, 0.1) is 24.0 Å². The summed E-state index contributed by atoms with van der Waals surface area (Å²) in [7, 11) is 3.81. The quantitative estimate of drug-likeness (QED) is 0.208. The van der Waals surface area contributed by atoms with Crippen LogP contribution < -0.4 is 5.73 Å². The van der Waals surface area contributed by atoms with Crippen molar-refractivity contribution in [1.82, 2.24) is 34.4 Å². The highest BCUT2D eigenvalue weighted by atomic mass is 16.6. The Labute approximate surface area is 245 Å². The average Bonchev–Trinajstić information content (AvgIpc) is 3.64. The maximum Gasteiger partial charge on any atom is 0.167 e. The summed E-state index contributed by atoms with van der Waals surface area (Å²) in [6.07, 6.45) is 4.57. The van der Waals surface area contributed by atoms with Gasteiger partial charge in [0.15, 0.2) is 17.7 Å². The number of aliphatic hydroxyl groups is 2. The van der Waals surface area contributed by atoms with Crippen molar-refractivity contribution in [3.63, 3.8) is 0 Å². The molecule has 1 aliphatic heterocycles. The number of rotatable bonds is 11. The number of H-pyrrole nitrogens is 1. The number of aromatic amines is 1. The van der Waals surface area contributed by atoms with Gasteiger partial charge in [-0.1, -0.05) is 19.9 Å². The van der Waals surface area contributed by atoms with Crippen molar-refractivity contribution < 1.29 is 19.7 Å². The van der Waals surface area contributed by atoms with Gasteiger partial charge in [0, 0.05) is 31.5 Å². The van der Waals surface area contributed by atoms with Crippen LogP contribution in [0, 0.1) is 5.92 Å². The Bertz CT molecular complexity index is 1530. The average molecular weight is 579 g/mol. The van der Waals surface area contributed by atoms with E-state index in [9.17, 15) is 10.2 Å². The van der Waals surface area contributed by atoms with E-state index in [1.54, 1.807) is 11.7 Å². The predicted octanol–water partition coefficient (Wildman–Crippen LogP) is 2.56. The van der Waals surface area contributed by atoms with Crippen molar-refractivity contribution in [2.24, 2.45) is 5.92 Å². The zero-order valence-corrected chi connectivity index (χ0v) is 24.8. The molecule has 2 aliphatic rings. The molecule has 4 aromatic rings. The van der Waals surface area contributed by atoms with Crippen LogP contribution >= 0.6 is 0 Å². The Hall–Kier alpha value is -3.16. The molecular formula is C30H42N8O4. The van der Waals surface area contributed by atoms with Gasteiger partial charge in [-0.05, 0) is 56.3 Å². The summed E-state index contributed by atoms with van der Waals surface area (Å²) in [5.41, 5.74) is 10.1. The van der Waals surface area contributed by atoms with Gasteiger partial charge in [-0.15, -0.1) is 0 Å². The number of ether oxygens (including phenoxy) is 2. The second-order valence-electron chi connectivity index (χ2n) is 12.4. The van der Waals surface area contributed by atoms with Crippen molar-refractivity contribution in [3.05, 3.63) is 42.2 Å². The SMILES string of the molecule is CCC(C)(COC)c1ccc2nc(CCC3CC(N(C)C[C@H]4O[C@@H](n5cnc6c(N)ncnc65)[C@H](O)[C@@H]4O)C3)[nH]c2c1. The summed E-state index contributed by atoms with van der Waals surface area (Å²) in [4.78, 5) is 23.1. The van der Waals surface area contributed by atoms with Crippen LogP contribution in [0.15, 0.2) is 30.9 Å². The summed E-state index contributed by atoms with van der Waals surface area (Å²) in [5, 5.41) is 21.6. The minimum atomic E-state index is -1.11. The van der Waals surface area contributed by atoms with Crippen LogP contribution in [0.5, 0.6) is 0 Å². The lowest BCUT2D eigenvalue weighted by Crippen LogP contribution is -2.47. The molecule has 4 heterocycles. The molecule has 6 rings (SSSR count). The molecule has 5 N–H and O–H groups in total. The van der Waals surface area contributed by atoms with Crippen LogP contribution in [0.3, 0.4) is 0 Å². The smallest absolute Gasteiger partial charge is 0.167 e. The van der Waals surface area contributed by atoms with E-state index in [0.717, 1.165) is 49.0 Å².